The maximum Gasteiger partial charge on any atom is 0.111 e. The molecule has 2 heterocycles. The summed E-state index contributed by atoms with van der Waals surface area (Å²) in [5.41, 5.74) is 8.32. The molecule has 84 valence electrons. The van der Waals surface area contributed by atoms with Gasteiger partial charge in [0.1, 0.15) is 5.52 Å². The number of allylic oxidation sites excluding steroid dienone is 1. The van der Waals surface area contributed by atoms with Crippen molar-refractivity contribution in [2.45, 2.75) is 6.42 Å². The zero-order valence-corrected chi connectivity index (χ0v) is 9.22. The smallest absolute Gasteiger partial charge is 0.111 e. The van der Waals surface area contributed by atoms with E-state index in [1.165, 1.54) is 0 Å². The predicted octanol–water partition coefficient (Wildman–Crippen LogP) is 2.13. The second kappa shape index (κ2) is 3.90. The first-order valence-corrected chi connectivity index (χ1v) is 5.47. The van der Waals surface area contributed by atoms with Crippen LogP contribution in [-0.4, -0.2) is 15.2 Å². The van der Waals surface area contributed by atoms with E-state index in [1.54, 1.807) is 12.4 Å². The lowest BCUT2D eigenvalue weighted by atomic mass is 10.1. The van der Waals surface area contributed by atoms with Crippen LogP contribution in [0.2, 0.25) is 0 Å². The molecule has 0 radical (unpaired) electrons. The maximum absolute atomic E-state index is 5.37. The van der Waals surface area contributed by atoms with Crippen LogP contribution in [0.25, 0.3) is 21.8 Å². The van der Waals surface area contributed by atoms with Gasteiger partial charge >= 0.3 is 0 Å². The minimum atomic E-state index is 0.751. The number of hydrogen-bond donors (Lipinski definition) is 2. The van der Waals surface area contributed by atoms with E-state index in [2.05, 4.69) is 21.2 Å². The van der Waals surface area contributed by atoms with Crippen molar-refractivity contribution >= 4 is 21.8 Å². The Morgan fingerprint density at radius 2 is 2.12 bits per heavy atom. The van der Waals surface area contributed by atoms with Crippen LogP contribution in [0.4, 0.5) is 0 Å². The Balaban J connectivity index is 2.34. The van der Waals surface area contributed by atoms with E-state index in [4.69, 9.17) is 5.73 Å². The van der Waals surface area contributed by atoms with Crippen LogP contribution in [0, 0.1) is 0 Å². The molecule has 0 aliphatic rings. The molecule has 4 heteroatoms. The summed E-state index contributed by atoms with van der Waals surface area (Å²) in [6, 6.07) is 8.07. The molecule has 0 spiro atoms. The molecule has 0 bridgehead atoms. The number of nitrogens with one attached hydrogen (secondary N) is 1. The first-order chi connectivity index (χ1) is 8.40. The van der Waals surface area contributed by atoms with E-state index in [0.29, 0.717) is 0 Å². The van der Waals surface area contributed by atoms with Crippen molar-refractivity contribution in [1.82, 2.24) is 15.2 Å². The molecular formula is C13H12N4. The Morgan fingerprint density at radius 1 is 1.24 bits per heavy atom. The normalized spacial score (nSPS) is 11.8. The van der Waals surface area contributed by atoms with Gasteiger partial charge in [-0.1, -0.05) is 24.3 Å². The number of pyridine rings is 1. The standard InChI is InChI=1S/C13H12N4/c14-7-3-6-11-13-9-4-1-2-5-10(9)15-8-12(13)17-16-11/h1-5,7-8H,6,14H2,(H,16,17). The topological polar surface area (TPSA) is 67.6 Å². The Bertz CT molecular complexity index is 697. The van der Waals surface area contributed by atoms with E-state index >= 15 is 0 Å². The average Bonchev–Trinajstić information content (AvgIpc) is 2.80. The molecule has 0 aliphatic carbocycles. The van der Waals surface area contributed by atoms with Crippen molar-refractivity contribution in [2.75, 3.05) is 0 Å². The minimum Gasteiger partial charge on any atom is -0.405 e. The molecule has 0 saturated heterocycles. The molecule has 0 atom stereocenters. The number of hydrogen-bond acceptors (Lipinski definition) is 3. The molecular weight excluding hydrogens is 212 g/mol. The SMILES string of the molecule is NC=CCc1[nH]nc2cnc3ccccc3c12. The average molecular weight is 224 g/mol. The van der Waals surface area contributed by atoms with Crippen LogP contribution in [-0.2, 0) is 6.42 Å². The zero-order valence-electron chi connectivity index (χ0n) is 9.22. The van der Waals surface area contributed by atoms with Gasteiger partial charge in [0.05, 0.1) is 11.7 Å². The van der Waals surface area contributed by atoms with Gasteiger partial charge in [-0.15, -0.1) is 0 Å². The summed E-state index contributed by atoms with van der Waals surface area (Å²) in [6.45, 7) is 0. The first-order valence-electron chi connectivity index (χ1n) is 5.47. The van der Waals surface area contributed by atoms with E-state index in [-0.39, 0.29) is 0 Å². The number of para-hydroxylation sites is 1. The molecule has 3 aromatic rings. The minimum absolute atomic E-state index is 0.751. The van der Waals surface area contributed by atoms with Gasteiger partial charge in [0.25, 0.3) is 0 Å². The molecule has 3 N–H and O–H groups in total. The fourth-order valence-corrected chi connectivity index (χ4v) is 2.05. The van der Waals surface area contributed by atoms with Crippen LogP contribution >= 0.6 is 0 Å². The Kier molecular flexibility index (Phi) is 2.26. The summed E-state index contributed by atoms with van der Waals surface area (Å²) in [5.74, 6) is 0. The third-order valence-corrected chi connectivity index (χ3v) is 2.83. The van der Waals surface area contributed by atoms with Crippen LogP contribution in [0.5, 0.6) is 0 Å². The zero-order chi connectivity index (χ0) is 11.7. The lowest BCUT2D eigenvalue weighted by Gasteiger charge is -1.99. The van der Waals surface area contributed by atoms with Gasteiger partial charge in [-0.05, 0) is 12.3 Å². The summed E-state index contributed by atoms with van der Waals surface area (Å²) >= 11 is 0. The maximum atomic E-state index is 5.37. The summed E-state index contributed by atoms with van der Waals surface area (Å²) in [6.07, 6.45) is 6.00. The Morgan fingerprint density at radius 3 is 3.00 bits per heavy atom. The van der Waals surface area contributed by atoms with Crippen molar-refractivity contribution in [2.24, 2.45) is 5.73 Å². The van der Waals surface area contributed by atoms with Crippen molar-refractivity contribution in [3.63, 3.8) is 0 Å². The predicted molar refractivity (Wildman–Crippen MR) is 68.4 cm³/mol. The van der Waals surface area contributed by atoms with Crippen molar-refractivity contribution in [3.8, 4) is 0 Å². The van der Waals surface area contributed by atoms with E-state index < -0.39 is 0 Å². The Hall–Kier alpha value is -2.36. The van der Waals surface area contributed by atoms with Crippen molar-refractivity contribution in [1.29, 1.82) is 0 Å². The second-order valence-corrected chi connectivity index (χ2v) is 3.87. The van der Waals surface area contributed by atoms with Gasteiger partial charge in [-0.25, -0.2) is 0 Å². The van der Waals surface area contributed by atoms with Gasteiger partial charge in [0.2, 0.25) is 0 Å². The summed E-state index contributed by atoms with van der Waals surface area (Å²) in [4.78, 5) is 4.38. The molecule has 4 nitrogen and oxygen atoms in total. The largest absolute Gasteiger partial charge is 0.405 e. The summed E-state index contributed by atoms with van der Waals surface area (Å²) < 4.78 is 0. The Labute approximate surface area is 98.2 Å². The lowest BCUT2D eigenvalue weighted by Crippen LogP contribution is -1.86. The molecule has 0 fully saturated rings. The monoisotopic (exact) mass is 224 g/mol. The highest BCUT2D eigenvalue weighted by Gasteiger charge is 2.08. The van der Waals surface area contributed by atoms with Gasteiger partial charge < -0.3 is 5.73 Å². The van der Waals surface area contributed by atoms with Crippen LogP contribution in [0.3, 0.4) is 0 Å². The third-order valence-electron chi connectivity index (χ3n) is 2.83. The van der Waals surface area contributed by atoms with Crippen LogP contribution in [0.15, 0.2) is 42.7 Å². The summed E-state index contributed by atoms with van der Waals surface area (Å²) in [7, 11) is 0. The van der Waals surface area contributed by atoms with Crippen LogP contribution in [0.1, 0.15) is 5.69 Å². The van der Waals surface area contributed by atoms with E-state index in [9.17, 15) is 0 Å². The molecule has 17 heavy (non-hydrogen) atoms. The highest BCUT2D eigenvalue weighted by Crippen LogP contribution is 2.25. The number of aromatic amines is 1. The number of benzene rings is 1. The number of rotatable bonds is 2. The van der Waals surface area contributed by atoms with Gasteiger partial charge in [0.15, 0.2) is 0 Å². The molecule has 0 aliphatic heterocycles. The molecule has 0 saturated carbocycles. The quantitative estimate of drug-likeness (QED) is 0.700. The van der Waals surface area contributed by atoms with Crippen molar-refractivity contribution in [3.05, 3.63) is 48.4 Å². The van der Waals surface area contributed by atoms with E-state index in [0.717, 1.165) is 33.9 Å². The van der Waals surface area contributed by atoms with Gasteiger partial charge in [-0.2, -0.15) is 5.10 Å². The number of aromatic nitrogens is 3. The highest BCUT2D eigenvalue weighted by atomic mass is 15.1. The number of nitrogens with two attached hydrogens (primary N) is 1. The van der Waals surface area contributed by atoms with Crippen LogP contribution < -0.4 is 5.73 Å². The number of H-pyrrole nitrogens is 1. The van der Waals surface area contributed by atoms with Gasteiger partial charge in [0, 0.05) is 22.9 Å². The number of fused-ring (bicyclic) bond motifs is 3. The van der Waals surface area contributed by atoms with E-state index in [1.807, 2.05) is 24.3 Å². The molecule has 2 aromatic heterocycles. The summed E-state index contributed by atoms with van der Waals surface area (Å²) in [5, 5.41) is 9.56. The first kappa shape index (κ1) is 9.84. The highest BCUT2D eigenvalue weighted by molar-refractivity contribution is 6.05. The van der Waals surface area contributed by atoms with Gasteiger partial charge in [-0.3, -0.25) is 10.1 Å². The lowest BCUT2D eigenvalue weighted by molar-refractivity contribution is 1.03. The molecule has 0 unspecified atom stereocenters. The van der Waals surface area contributed by atoms with Crippen molar-refractivity contribution < 1.29 is 0 Å². The molecule has 3 rings (SSSR count). The fraction of sp³-hybridized carbons (Fsp3) is 0.0769. The fourth-order valence-electron chi connectivity index (χ4n) is 2.05. The second-order valence-electron chi connectivity index (χ2n) is 3.87. The molecule has 1 aromatic carbocycles. The molecule has 0 amide bonds. The third kappa shape index (κ3) is 1.54. The number of nitrogens with zero attached hydrogens (tertiary/aromatic N) is 2.